The molecule has 78 valence electrons. The summed E-state index contributed by atoms with van der Waals surface area (Å²) < 4.78 is 0. The molecule has 1 unspecified atom stereocenters. The maximum absolute atomic E-state index is 6.02. The van der Waals surface area contributed by atoms with Crippen LogP contribution in [-0.4, -0.2) is 31.6 Å². The second-order valence-corrected chi connectivity index (χ2v) is 4.22. The number of aryl methyl sites for hydroxylation is 1. The summed E-state index contributed by atoms with van der Waals surface area (Å²) >= 11 is 0. The van der Waals surface area contributed by atoms with Gasteiger partial charge in [-0.2, -0.15) is 0 Å². The Kier molecular flexibility index (Phi) is 4.11. The highest BCUT2D eigenvalue weighted by Crippen LogP contribution is 2.06. The van der Waals surface area contributed by atoms with Gasteiger partial charge in [0.2, 0.25) is 0 Å². The number of hydrogen-bond acceptors (Lipinski definition) is 2. The zero-order valence-electron chi connectivity index (χ0n) is 9.33. The molecular weight excluding hydrogens is 172 g/mol. The number of rotatable bonds is 4. The molecular formula is C12H20N2. The van der Waals surface area contributed by atoms with Gasteiger partial charge in [-0.25, -0.2) is 0 Å². The molecule has 0 aliphatic heterocycles. The second-order valence-electron chi connectivity index (χ2n) is 4.22. The Hall–Kier alpha value is -0.860. The number of benzene rings is 1. The van der Waals surface area contributed by atoms with E-state index < -0.39 is 0 Å². The third-order valence-electron chi connectivity index (χ3n) is 2.18. The minimum Gasteiger partial charge on any atom is -0.326 e. The first-order chi connectivity index (χ1) is 6.58. The van der Waals surface area contributed by atoms with E-state index in [1.807, 2.05) is 0 Å². The van der Waals surface area contributed by atoms with Crippen LogP contribution in [0.2, 0.25) is 0 Å². The van der Waals surface area contributed by atoms with Gasteiger partial charge >= 0.3 is 0 Å². The van der Waals surface area contributed by atoms with Gasteiger partial charge in [0, 0.05) is 12.6 Å². The molecule has 1 aromatic rings. The smallest absolute Gasteiger partial charge is 0.0208 e. The minimum absolute atomic E-state index is 0.229. The van der Waals surface area contributed by atoms with Gasteiger partial charge in [0.05, 0.1) is 0 Å². The van der Waals surface area contributed by atoms with E-state index in [1.165, 1.54) is 11.1 Å². The fraction of sp³-hybridized carbons (Fsp3) is 0.500. The highest BCUT2D eigenvalue weighted by atomic mass is 15.1. The van der Waals surface area contributed by atoms with Crippen molar-refractivity contribution in [1.82, 2.24) is 4.90 Å². The van der Waals surface area contributed by atoms with Gasteiger partial charge in [0.1, 0.15) is 0 Å². The van der Waals surface area contributed by atoms with Gasteiger partial charge in [0.15, 0.2) is 0 Å². The molecule has 1 aromatic carbocycles. The largest absolute Gasteiger partial charge is 0.326 e. The molecule has 0 aromatic heterocycles. The van der Waals surface area contributed by atoms with Crippen LogP contribution in [0.25, 0.3) is 0 Å². The molecule has 0 aliphatic rings. The third-order valence-corrected chi connectivity index (χ3v) is 2.18. The van der Waals surface area contributed by atoms with Gasteiger partial charge in [-0.15, -0.1) is 0 Å². The summed E-state index contributed by atoms with van der Waals surface area (Å²) in [6, 6.07) is 8.78. The van der Waals surface area contributed by atoms with E-state index in [0.29, 0.717) is 0 Å². The Bertz CT molecular complexity index is 281. The van der Waals surface area contributed by atoms with E-state index in [1.54, 1.807) is 0 Å². The number of hydrogen-bond donors (Lipinski definition) is 1. The summed E-state index contributed by atoms with van der Waals surface area (Å²) in [5, 5.41) is 0. The first-order valence-electron chi connectivity index (χ1n) is 5.04. The highest BCUT2D eigenvalue weighted by molar-refractivity contribution is 5.22. The molecule has 1 atom stereocenters. The van der Waals surface area contributed by atoms with Gasteiger partial charge in [-0.05, 0) is 33.0 Å². The van der Waals surface area contributed by atoms with E-state index >= 15 is 0 Å². The van der Waals surface area contributed by atoms with Crippen molar-refractivity contribution < 1.29 is 0 Å². The Labute approximate surface area is 86.7 Å². The number of likely N-dealkylation sites (N-methyl/N-ethyl adjacent to an activating group) is 1. The molecule has 2 nitrogen and oxygen atoms in total. The average Bonchev–Trinajstić information content (AvgIpc) is 2.01. The lowest BCUT2D eigenvalue weighted by Crippen LogP contribution is -2.34. The third kappa shape index (κ3) is 3.90. The van der Waals surface area contributed by atoms with Crippen LogP contribution in [0.15, 0.2) is 24.3 Å². The predicted molar refractivity (Wildman–Crippen MR) is 61.4 cm³/mol. The van der Waals surface area contributed by atoms with Crippen LogP contribution in [0.5, 0.6) is 0 Å². The summed E-state index contributed by atoms with van der Waals surface area (Å²) in [6.07, 6.45) is 0.958. The molecule has 14 heavy (non-hydrogen) atoms. The molecule has 0 heterocycles. The van der Waals surface area contributed by atoms with Crippen LogP contribution in [-0.2, 0) is 6.42 Å². The lowest BCUT2D eigenvalue weighted by Gasteiger charge is -2.16. The predicted octanol–water partition coefficient (Wildman–Crippen LogP) is 1.43. The van der Waals surface area contributed by atoms with Crippen molar-refractivity contribution in [3.8, 4) is 0 Å². The van der Waals surface area contributed by atoms with Crippen molar-refractivity contribution >= 4 is 0 Å². The fourth-order valence-corrected chi connectivity index (χ4v) is 1.68. The maximum Gasteiger partial charge on any atom is 0.0208 e. The Balaban J connectivity index is 2.51. The summed E-state index contributed by atoms with van der Waals surface area (Å²) in [4.78, 5) is 2.13. The average molecular weight is 192 g/mol. The Morgan fingerprint density at radius 2 is 2.07 bits per heavy atom. The topological polar surface area (TPSA) is 29.3 Å². The molecule has 0 radical (unpaired) electrons. The van der Waals surface area contributed by atoms with Gasteiger partial charge in [-0.1, -0.05) is 29.8 Å². The van der Waals surface area contributed by atoms with E-state index in [2.05, 4.69) is 50.2 Å². The van der Waals surface area contributed by atoms with Gasteiger partial charge in [0.25, 0.3) is 0 Å². The molecule has 0 bridgehead atoms. The van der Waals surface area contributed by atoms with Crippen molar-refractivity contribution in [3.63, 3.8) is 0 Å². The summed E-state index contributed by atoms with van der Waals surface area (Å²) in [6.45, 7) is 3.05. The lowest BCUT2D eigenvalue weighted by atomic mass is 10.0. The monoisotopic (exact) mass is 192 g/mol. The van der Waals surface area contributed by atoms with E-state index in [0.717, 1.165) is 13.0 Å². The molecule has 0 fully saturated rings. The molecule has 2 heteroatoms. The first kappa shape index (κ1) is 11.2. The van der Waals surface area contributed by atoms with Crippen molar-refractivity contribution in [1.29, 1.82) is 0 Å². The Morgan fingerprint density at radius 3 is 2.64 bits per heavy atom. The van der Waals surface area contributed by atoms with Gasteiger partial charge < -0.3 is 10.6 Å². The molecule has 2 N–H and O–H groups in total. The number of nitrogens with zero attached hydrogens (tertiary/aromatic N) is 1. The zero-order chi connectivity index (χ0) is 10.6. The van der Waals surface area contributed by atoms with Crippen molar-refractivity contribution in [2.75, 3.05) is 20.6 Å². The van der Waals surface area contributed by atoms with Crippen LogP contribution >= 0.6 is 0 Å². The van der Waals surface area contributed by atoms with Crippen molar-refractivity contribution in [2.24, 2.45) is 5.73 Å². The van der Waals surface area contributed by atoms with E-state index in [-0.39, 0.29) is 6.04 Å². The normalized spacial score (nSPS) is 13.2. The SMILES string of the molecule is Cc1cccc(CC(N)CN(C)C)c1. The van der Waals surface area contributed by atoms with Crippen molar-refractivity contribution in [2.45, 2.75) is 19.4 Å². The first-order valence-corrected chi connectivity index (χ1v) is 5.04. The standard InChI is InChI=1S/C12H20N2/c1-10-5-4-6-11(7-10)8-12(13)9-14(2)3/h4-7,12H,8-9,13H2,1-3H3. The second kappa shape index (κ2) is 5.13. The molecule has 0 saturated carbocycles. The maximum atomic E-state index is 6.02. The van der Waals surface area contributed by atoms with E-state index in [9.17, 15) is 0 Å². The summed E-state index contributed by atoms with van der Waals surface area (Å²) in [5.41, 5.74) is 8.65. The van der Waals surface area contributed by atoms with Crippen molar-refractivity contribution in [3.05, 3.63) is 35.4 Å². The minimum atomic E-state index is 0.229. The highest BCUT2D eigenvalue weighted by Gasteiger charge is 2.04. The summed E-state index contributed by atoms with van der Waals surface area (Å²) in [5.74, 6) is 0. The summed E-state index contributed by atoms with van der Waals surface area (Å²) in [7, 11) is 4.10. The van der Waals surface area contributed by atoms with Crippen LogP contribution in [0.1, 0.15) is 11.1 Å². The lowest BCUT2D eigenvalue weighted by molar-refractivity contribution is 0.371. The Morgan fingerprint density at radius 1 is 1.36 bits per heavy atom. The molecule has 0 spiro atoms. The molecule has 0 amide bonds. The van der Waals surface area contributed by atoms with Crippen LogP contribution in [0, 0.1) is 6.92 Å². The zero-order valence-corrected chi connectivity index (χ0v) is 9.33. The molecule has 0 saturated heterocycles. The van der Waals surface area contributed by atoms with Crippen LogP contribution in [0.4, 0.5) is 0 Å². The fourth-order valence-electron chi connectivity index (χ4n) is 1.68. The molecule has 0 aliphatic carbocycles. The van der Waals surface area contributed by atoms with Crippen LogP contribution < -0.4 is 5.73 Å². The van der Waals surface area contributed by atoms with Gasteiger partial charge in [-0.3, -0.25) is 0 Å². The quantitative estimate of drug-likeness (QED) is 0.782. The van der Waals surface area contributed by atoms with E-state index in [4.69, 9.17) is 5.73 Å². The number of nitrogens with two attached hydrogens (primary N) is 1. The van der Waals surface area contributed by atoms with Crippen LogP contribution in [0.3, 0.4) is 0 Å². The molecule has 1 rings (SSSR count).